The number of amides is 1. The molecule has 122 valence electrons. The van der Waals surface area contributed by atoms with Crippen LogP contribution in [0.1, 0.15) is 29.1 Å². The molecule has 1 aromatic heterocycles. The van der Waals surface area contributed by atoms with Crippen LogP contribution < -0.4 is 5.32 Å². The van der Waals surface area contributed by atoms with E-state index in [9.17, 15) is 4.79 Å². The maximum Gasteiger partial charge on any atom is 0.251 e. The normalized spacial score (nSPS) is 12.0. The predicted octanol–water partition coefficient (Wildman–Crippen LogP) is 3.57. The molecular weight excluding hydrogens is 394 g/mol. The molecule has 8 heteroatoms. The largest absolute Gasteiger partial charge is 0.342 e. The Balaban J connectivity index is 1.81. The van der Waals surface area contributed by atoms with Gasteiger partial charge in [0.2, 0.25) is 0 Å². The number of nitrogens with zero attached hydrogens (tertiary/aromatic N) is 4. The van der Waals surface area contributed by atoms with Crippen molar-refractivity contribution < 1.29 is 4.79 Å². The maximum absolute atomic E-state index is 12.3. The summed E-state index contributed by atoms with van der Waals surface area (Å²) >= 11 is 9.26. The van der Waals surface area contributed by atoms with E-state index in [0.29, 0.717) is 16.4 Å². The molecule has 1 amide bonds. The van der Waals surface area contributed by atoms with Crippen LogP contribution in [0.4, 0.5) is 0 Å². The van der Waals surface area contributed by atoms with E-state index in [1.54, 1.807) is 28.9 Å². The topological polar surface area (TPSA) is 72.7 Å². The van der Waals surface area contributed by atoms with Crippen molar-refractivity contribution in [2.24, 2.45) is 0 Å². The van der Waals surface area contributed by atoms with Crippen LogP contribution in [0.15, 0.2) is 53.0 Å². The Hall–Kier alpha value is -2.25. The molecule has 0 aliphatic rings. The summed E-state index contributed by atoms with van der Waals surface area (Å²) in [4.78, 5) is 12.3. The second-order valence-corrected chi connectivity index (χ2v) is 6.48. The molecule has 3 aromatic rings. The van der Waals surface area contributed by atoms with Gasteiger partial charge >= 0.3 is 0 Å². The van der Waals surface area contributed by atoms with E-state index in [4.69, 9.17) is 11.6 Å². The molecule has 1 unspecified atom stereocenters. The summed E-state index contributed by atoms with van der Waals surface area (Å²) in [6, 6.07) is 13.9. The molecule has 24 heavy (non-hydrogen) atoms. The molecule has 1 atom stereocenters. The zero-order valence-electron chi connectivity index (χ0n) is 12.6. The van der Waals surface area contributed by atoms with E-state index in [1.807, 2.05) is 31.2 Å². The second kappa shape index (κ2) is 7.11. The highest BCUT2D eigenvalue weighted by Gasteiger charge is 2.18. The third-order valence-electron chi connectivity index (χ3n) is 3.39. The summed E-state index contributed by atoms with van der Waals surface area (Å²) in [7, 11) is 0. The maximum atomic E-state index is 12.3. The lowest BCUT2D eigenvalue weighted by Gasteiger charge is -2.14. The Labute approximate surface area is 152 Å². The highest BCUT2D eigenvalue weighted by Crippen LogP contribution is 2.18. The molecule has 0 saturated heterocycles. The van der Waals surface area contributed by atoms with Crippen molar-refractivity contribution in [2.75, 3.05) is 0 Å². The average molecular weight is 407 g/mol. The van der Waals surface area contributed by atoms with Gasteiger partial charge in [0, 0.05) is 15.1 Å². The molecule has 1 heterocycles. The molecule has 0 fully saturated rings. The van der Waals surface area contributed by atoms with Crippen LogP contribution in [0.25, 0.3) is 5.69 Å². The van der Waals surface area contributed by atoms with Crippen molar-refractivity contribution in [1.82, 2.24) is 25.5 Å². The molecular formula is C16H13BrClN5O. The first-order valence-corrected chi connectivity index (χ1v) is 8.32. The zero-order valence-corrected chi connectivity index (χ0v) is 15.0. The lowest BCUT2D eigenvalue weighted by Crippen LogP contribution is -2.28. The fourth-order valence-corrected chi connectivity index (χ4v) is 2.71. The molecule has 0 bridgehead atoms. The van der Waals surface area contributed by atoms with Gasteiger partial charge in [0.1, 0.15) is 0 Å². The first-order chi connectivity index (χ1) is 11.5. The van der Waals surface area contributed by atoms with Crippen molar-refractivity contribution in [3.05, 3.63) is 69.4 Å². The average Bonchev–Trinajstić information content (AvgIpc) is 3.05. The summed E-state index contributed by atoms with van der Waals surface area (Å²) in [6.45, 7) is 1.83. The molecule has 0 aliphatic carbocycles. The predicted molar refractivity (Wildman–Crippen MR) is 94.2 cm³/mol. The molecule has 3 rings (SSSR count). The summed E-state index contributed by atoms with van der Waals surface area (Å²) in [5, 5.41) is 15.2. The number of benzene rings is 2. The Morgan fingerprint density at radius 3 is 2.71 bits per heavy atom. The number of halogens is 2. The van der Waals surface area contributed by atoms with Crippen molar-refractivity contribution in [3.8, 4) is 5.69 Å². The third kappa shape index (κ3) is 3.63. The fraction of sp³-hybridized carbons (Fsp3) is 0.125. The van der Waals surface area contributed by atoms with E-state index in [1.165, 1.54) is 0 Å². The van der Waals surface area contributed by atoms with Crippen LogP contribution in [0.5, 0.6) is 0 Å². The van der Waals surface area contributed by atoms with Crippen LogP contribution >= 0.6 is 27.5 Å². The minimum absolute atomic E-state index is 0.219. The highest BCUT2D eigenvalue weighted by molar-refractivity contribution is 9.10. The SMILES string of the molecule is CC(NC(=O)c1ccc(Cl)cc1)c1nnnn1-c1cccc(Br)c1. The Morgan fingerprint density at radius 2 is 2.00 bits per heavy atom. The first-order valence-electron chi connectivity index (χ1n) is 7.15. The molecule has 0 spiro atoms. The number of tetrazole rings is 1. The molecule has 0 aliphatic heterocycles. The molecule has 0 radical (unpaired) electrons. The fourth-order valence-electron chi connectivity index (χ4n) is 2.20. The van der Waals surface area contributed by atoms with Crippen molar-refractivity contribution in [1.29, 1.82) is 0 Å². The second-order valence-electron chi connectivity index (χ2n) is 5.13. The Morgan fingerprint density at radius 1 is 1.25 bits per heavy atom. The van der Waals surface area contributed by atoms with E-state index in [2.05, 4.69) is 36.8 Å². The van der Waals surface area contributed by atoms with Crippen LogP contribution in [0.3, 0.4) is 0 Å². The van der Waals surface area contributed by atoms with E-state index < -0.39 is 0 Å². The standard InChI is InChI=1S/C16H13BrClN5O/c1-10(19-16(24)11-5-7-13(18)8-6-11)15-20-21-22-23(15)14-4-2-3-12(17)9-14/h2-10H,1H3,(H,19,24). The summed E-state index contributed by atoms with van der Waals surface area (Å²) in [5.74, 6) is 0.318. The van der Waals surface area contributed by atoms with Gasteiger partial charge < -0.3 is 5.32 Å². The van der Waals surface area contributed by atoms with Crippen LogP contribution in [0.2, 0.25) is 5.02 Å². The van der Waals surface area contributed by atoms with Crippen molar-refractivity contribution in [3.63, 3.8) is 0 Å². The number of carbonyl (C=O) groups is 1. The van der Waals surface area contributed by atoms with Crippen LogP contribution in [-0.2, 0) is 0 Å². The van der Waals surface area contributed by atoms with Crippen molar-refractivity contribution >= 4 is 33.4 Å². The van der Waals surface area contributed by atoms with Gasteiger partial charge in [-0.3, -0.25) is 4.79 Å². The molecule has 0 saturated carbocycles. The third-order valence-corrected chi connectivity index (χ3v) is 4.13. The number of hydrogen-bond acceptors (Lipinski definition) is 4. The van der Waals surface area contributed by atoms with Crippen LogP contribution in [0, 0.1) is 0 Å². The number of aromatic nitrogens is 4. The van der Waals surface area contributed by atoms with Gasteiger partial charge in [0.25, 0.3) is 5.91 Å². The van der Waals surface area contributed by atoms with Gasteiger partial charge in [0.15, 0.2) is 5.82 Å². The minimum atomic E-state index is -0.373. The van der Waals surface area contributed by atoms with Crippen molar-refractivity contribution in [2.45, 2.75) is 13.0 Å². The monoisotopic (exact) mass is 405 g/mol. The summed E-state index contributed by atoms with van der Waals surface area (Å²) < 4.78 is 2.51. The Kier molecular flexibility index (Phi) is 4.92. The van der Waals surface area contributed by atoms with E-state index in [0.717, 1.165) is 10.2 Å². The lowest BCUT2D eigenvalue weighted by molar-refractivity contribution is 0.0938. The van der Waals surface area contributed by atoms with Gasteiger partial charge in [-0.1, -0.05) is 33.6 Å². The molecule has 2 aromatic carbocycles. The minimum Gasteiger partial charge on any atom is -0.342 e. The number of rotatable bonds is 4. The van der Waals surface area contributed by atoms with Gasteiger partial charge in [-0.05, 0) is 59.8 Å². The van der Waals surface area contributed by atoms with Gasteiger partial charge in [-0.2, -0.15) is 4.68 Å². The lowest BCUT2D eigenvalue weighted by atomic mass is 10.2. The highest BCUT2D eigenvalue weighted by atomic mass is 79.9. The number of carbonyl (C=O) groups excluding carboxylic acids is 1. The van der Waals surface area contributed by atoms with Gasteiger partial charge in [-0.15, -0.1) is 5.10 Å². The number of hydrogen-bond donors (Lipinski definition) is 1. The van der Waals surface area contributed by atoms with Crippen LogP contribution in [-0.4, -0.2) is 26.1 Å². The van der Waals surface area contributed by atoms with E-state index in [-0.39, 0.29) is 11.9 Å². The molecule has 6 nitrogen and oxygen atoms in total. The summed E-state index contributed by atoms with van der Waals surface area (Å²) in [6.07, 6.45) is 0. The van der Waals surface area contributed by atoms with Gasteiger partial charge in [0.05, 0.1) is 11.7 Å². The Bertz CT molecular complexity index is 865. The quantitative estimate of drug-likeness (QED) is 0.719. The first kappa shape index (κ1) is 16.6. The smallest absolute Gasteiger partial charge is 0.251 e. The number of nitrogens with one attached hydrogen (secondary N) is 1. The summed E-state index contributed by atoms with van der Waals surface area (Å²) in [5.41, 5.74) is 1.32. The van der Waals surface area contributed by atoms with E-state index >= 15 is 0 Å². The van der Waals surface area contributed by atoms with Gasteiger partial charge in [-0.25, -0.2) is 0 Å². The molecule has 1 N–H and O–H groups in total. The zero-order chi connectivity index (χ0) is 17.1.